The van der Waals surface area contributed by atoms with Gasteiger partial charge in [-0.15, -0.1) is 47.3 Å². The van der Waals surface area contributed by atoms with Crippen LogP contribution in [0.3, 0.4) is 0 Å². The third-order valence-corrected chi connectivity index (χ3v) is 8.55. The van der Waals surface area contributed by atoms with Crippen LogP contribution in [-0.2, 0) is 25.5 Å². The van der Waals surface area contributed by atoms with Gasteiger partial charge >= 0.3 is 0 Å². The van der Waals surface area contributed by atoms with Crippen LogP contribution in [0.25, 0.3) is 49.5 Å². The Balaban J connectivity index is 0.000000248. The molecule has 3 nitrogen and oxygen atoms in total. The summed E-state index contributed by atoms with van der Waals surface area (Å²) in [6.45, 7) is 13.3. The van der Waals surface area contributed by atoms with E-state index in [1.165, 1.54) is 38.0 Å². The van der Waals surface area contributed by atoms with Gasteiger partial charge < -0.3 is 9.55 Å². The quantitative estimate of drug-likeness (QED) is 0.168. The summed E-state index contributed by atoms with van der Waals surface area (Å²) >= 11 is 1.67. The van der Waals surface area contributed by atoms with Crippen molar-refractivity contribution in [1.29, 1.82) is 0 Å². The van der Waals surface area contributed by atoms with Gasteiger partial charge in [-0.3, -0.25) is 16.3 Å². The van der Waals surface area contributed by atoms with Crippen molar-refractivity contribution < 1.29 is 20.1 Å². The van der Waals surface area contributed by atoms with Gasteiger partial charge in [-0.1, -0.05) is 96.1 Å². The van der Waals surface area contributed by atoms with E-state index in [1.54, 1.807) is 17.5 Å². The van der Waals surface area contributed by atoms with Crippen molar-refractivity contribution in [1.82, 2.24) is 14.5 Å². The minimum Gasteiger partial charge on any atom is -0.333 e. The molecule has 7 aromatic rings. The monoisotopic (exact) mass is 770 g/mol. The van der Waals surface area contributed by atoms with Crippen molar-refractivity contribution in [2.24, 2.45) is 0 Å². The average molecular weight is 770 g/mol. The second-order valence-electron chi connectivity index (χ2n) is 12.0. The van der Waals surface area contributed by atoms with Gasteiger partial charge in [0.25, 0.3) is 0 Å². The Morgan fingerprint density at radius 3 is 2.20 bits per heavy atom. The summed E-state index contributed by atoms with van der Waals surface area (Å²) in [5.74, 6) is 0.966. The van der Waals surface area contributed by atoms with Crippen LogP contribution >= 0.6 is 11.3 Å². The molecule has 0 aliphatic carbocycles. The fraction of sp³-hybridized carbons (Fsp3) is 0.179. The molecular formula is C39H35IrN3S-2. The normalized spacial score (nSPS) is 11.2. The Bertz CT molecular complexity index is 1970. The maximum atomic E-state index is 5.12. The van der Waals surface area contributed by atoms with Crippen molar-refractivity contribution in [3.05, 3.63) is 137 Å². The summed E-state index contributed by atoms with van der Waals surface area (Å²) in [5, 5.41) is 4.82. The van der Waals surface area contributed by atoms with Crippen LogP contribution in [-0.4, -0.2) is 14.5 Å². The summed E-state index contributed by atoms with van der Waals surface area (Å²) in [7, 11) is 0. The smallest absolute Gasteiger partial charge is 0.0774 e. The van der Waals surface area contributed by atoms with E-state index in [-0.39, 0.29) is 25.5 Å². The molecule has 3 aromatic heterocycles. The Hall–Kier alpha value is -3.89. The molecule has 3 heterocycles. The van der Waals surface area contributed by atoms with E-state index in [1.807, 2.05) is 42.5 Å². The first-order chi connectivity index (χ1) is 20.7. The molecule has 0 saturated carbocycles. The Kier molecular flexibility index (Phi) is 9.31. The van der Waals surface area contributed by atoms with Crippen LogP contribution < -0.4 is 0 Å². The molecule has 5 heteroatoms. The van der Waals surface area contributed by atoms with E-state index in [0.717, 1.165) is 33.7 Å². The van der Waals surface area contributed by atoms with Crippen molar-refractivity contribution in [3.8, 4) is 28.3 Å². The maximum absolute atomic E-state index is 5.12. The first kappa shape index (κ1) is 31.5. The molecule has 0 fully saturated rings. The molecule has 0 aliphatic heterocycles. The van der Waals surface area contributed by atoms with Crippen LogP contribution in [0, 0.1) is 32.2 Å². The molecule has 0 unspecified atom stereocenters. The molecule has 44 heavy (non-hydrogen) atoms. The molecule has 0 amide bonds. The van der Waals surface area contributed by atoms with Crippen LogP contribution in [0.2, 0.25) is 0 Å². The van der Waals surface area contributed by atoms with E-state index < -0.39 is 0 Å². The summed E-state index contributed by atoms with van der Waals surface area (Å²) in [6, 6.07) is 36.6. The van der Waals surface area contributed by atoms with Gasteiger partial charge in [0.2, 0.25) is 0 Å². The fourth-order valence-electron chi connectivity index (χ4n) is 5.63. The molecule has 7 rings (SSSR count). The fourth-order valence-corrected chi connectivity index (χ4v) is 6.45. The minimum atomic E-state index is 0. The average Bonchev–Trinajstić information content (AvgIpc) is 3.59. The molecule has 0 bridgehead atoms. The maximum Gasteiger partial charge on any atom is 0.0774 e. The number of thiophene rings is 1. The van der Waals surface area contributed by atoms with Crippen molar-refractivity contribution in [3.63, 3.8) is 0 Å². The molecule has 0 spiro atoms. The van der Waals surface area contributed by atoms with Crippen LogP contribution in [0.4, 0.5) is 0 Å². The number of para-hydroxylation sites is 2. The van der Waals surface area contributed by atoms with E-state index in [0.29, 0.717) is 0 Å². The summed E-state index contributed by atoms with van der Waals surface area (Å²) in [6.07, 6.45) is 1.79. The minimum absolute atomic E-state index is 0. The number of hydrogen-bond donors (Lipinski definition) is 0. The largest absolute Gasteiger partial charge is 0.333 e. The van der Waals surface area contributed by atoms with Crippen LogP contribution in [0.15, 0.2) is 103 Å². The molecule has 0 saturated heterocycles. The van der Waals surface area contributed by atoms with Gasteiger partial charge in [0, 0.05) is 32.0 Å². The van der Waals surface area contributed by atoms with E-state index in [4.69, 9.17) is 4.98 Å². The Morgan fingerprint density at radius 2 is 1.52 bits per heavy atom. The molecule has 4 aromatic carbocycles. The standard InChI is InChI=1S/C28H27N2S.C11H8N.Ir/c1-17-13-18(2)26(19(3)14-17)30-24-10-8-7-9-23(24)29-27(30)22-16-31-25-12-11-20(15-21(22)25)28(4,5)6;1-2-6-10(7-3-1)11-8-4-5-9-12-11;/h7-15H,1-6H3;1-6,8-9H;/q2*-1;. The second-order valence-corrected chi connectivity index (χ2v) is 12.9. The molecule has 0 N–H and O–H groups in total. The first-order valence-electron chi connectivity index (χ1n) is 14.6. The van der Waals surface area contributed by atoms with Crippen molar-refractivity contribution in [2.45, 2.75) is 47.0 Å². The van der Waals surface area contributed by atoms with E-state index >= 15 is 0 Å². The molecular weight excluding hydrogens is 735 g/mol. The summed E-state index contributed by atoms with van der Waals surface area (Å²) in [5.41, 5.74) is 11.7. The zero-order chi connectivity index (χ0) is 30.1. The topological polar surface area (TPSA) is 30.7 Å². The predicted molar refractivity (Wildman–Crippen MR) is 182 cm³/mol. The number of benzene rings is 4. The number of imidazole rings is 1. The summed E-state index contributed by atoms with van der Waals surface area (Å²) in [4.78, 5) is 9.33. The van der Waals surface area contributed by atoms with Gasteiger partial charge in [0.05, 0.1) is 16.9 Å². The summed E-state index contributed by atoms with van der Waals surface area (Å²) < 4.78 is 3.58. The number of hydrogen-bond acceptors (Lipinski definition) is 3. The van der Waals surface area contributed by atoms with Gasteiger partial charge in [-0.05, 0) is 61.2 Å². The van der Waals surface area contributed by atoms with Gasteiger partial charge in [-0.2, -0.15) is 0 Å². The third-order valence-electron chi connectivity index (χ3n) is 7.67. The molecule has 1 radical (unpaired) electrons. The van der Waals surface area contributed by atoms with Gasteiger partial charge in [0.15, 0.2) is 0 Å². The molecule has 0 atom stereocenters. The van der Waals surface area contributed by atoms with Crippen molar-refractivity contribution >= 4 is 32.5 Å². The van der Waals surface area contributed by atoms with Gasteiger partial charge in [-0.25, -0.2) is 0 Å². The number of fused-ring (bicyclic) bond motifs is 2. The molecule has 0 aliphatic rings. The Morgan fingerprint density at radius 1 is 0.795 bits per heavy atom. The molecule has 223 valence electrons. The predicted octanol–water partition coefficient (Wildman–Crippen LogP) is 10.5. The van der Waals surface area contributed by atoms with Crippen LogP contribution in [0.5, 0.6) is 0 Å². The number of aryl methyl sites for hydroxylation is 3. The number of rotatable bonds is 3. The third kappa shape index (κ3) is 6.32. The van der Waals surface area contributed by atoms with Crippen molar-refractivity contribution in [2.75, 3.05) is 0 Å². The Labute approximate surface area is 278 Å². The second kappa shape index (κ2) is 13.0. The number of pyridine rings is 1. The number of aromatic nitrogens is 3. The van der Waals surface area contributed by atoms with Gasteiger partial charge in [0.1, 0.15) is 0 Å². The first-order valence-corrected chi connectivity index (χ1v) is 15.4. The van der Waals surface area contributed by atoms with E-state index in [2.05, 4.69) is 117 Å². The van der Waals surface area contributed by atoms with Crippen LogP contribution in [0.1, 0.15) is 43.0 Å². The van der Waals surface area contributed by atoms with E-state index in [9.17, 15) is 0 Å². The SMILES string of the molecule is Cc1cc(C)c(-n2c(-c3[c-]sc4ccc(C(C)(C)C)cc34)nc3ccccc32)c(C)c1.[Ir].[c-]1ccccc1-c1ccccn1. The number of nitrogens with zero attached hydrogens (tertiary/aromatic N) is 3. The zero-order valence-electron chi connectivity index (χ0n) is 25.9. The zero-order valence-corrected chi connectivity index (χ0v) is 29.1.